The van der Waals surface area contributed by atoms with Gasteiger partial charge >= 0.3 is 0 Å². The molecule has 0 saturated heterocycles. The topological polar surface area (TPSA) is 20.2 Å². The van der Waals surface area contributed by atoms with Crippen molar-refractivity contribution in [3.63, 3.8) is 0 Å². The van der Waals surface area contributed by atoms with E-state index in [1.807, 2.05) is 7.85 Å². The summed E-state index contributed by atoms with van der Waals surface area (Å²) in [6.45, 7) is 6.31. The third-order valence-electron chi connectivity index (χ3n) is 2.71. The van der Waals surface area contributed by atoms with Gasteiger partial charge in [-0.05, 0) is 12.4 Å². The van der Waals surface area contributed by atoms with Crippen LogP contribution in [0.1, 0.15) is 5.56 Å². The Hall–Kier alpha value is -0.785. The van der Waals surface area contributed by atoms with E-state index in [1.54, 1.807) is 0 Å². The maximum atomic E-state index is 9.83. The fourth-order valence-corrected chi connectivity index (χ4v) is 1.91. The van der Waals surface area contributed by atoms with E-state index in [9.17, 15) is 5.11 Å². The quantitative estimate of drug-likeness (QED) is 0.520. The molecule has 1 rings (SSSR count). The van der Waals surface area contributed by atoms with Gasteiger partial charge in [0.15, 0.2) is 14.6 Å². The Balaban J connectivity index is 3.37. The Morgan fingerprint density at radius 3 is 2.38 bits per heavy atom. The lowest BCUT2D eigenvalue weighted by Gasteiger charge is -2.13. The van der Waals surface area contributed by atoms with Crippen LogP contribution in [0.2, 0.25) is 13.6 Å². The first-order chi connectivity index (χ1) is 6.11. The molecule has 0 fully saturated rings. The lowest BCUT2D eigenvalue weighted by molar-refractivity contribution is 0.484. The molecule has 13 heavy (non-hydrogen) atoms. The van der Waals surface area contributed by atoms with E-state index < -0.39 is 0 Å². The van der Waals surface area contributed by atoms with E-state index >= 15 is 0 Å². The minimum atomic E-state index is 0.491. The van der Waals surface area contributed by atoms with E-state index in [-0.39, 0.29) is 0 Å². The van der Waals surface area contributed by atoms with Crippen LogP contribution in [-0.4, -0.2) is 27.5 Å². The first-order valence-corrected chi connectivity index (χ1v) is 4.92. The highest BCUT2D eigenvalue weighted by Crippen LogP contribution is 2.00. The van der Waals surface area contributed by atoms with Crippen LogP contribution in [0.5, 0.6) is 5.75 Å². The zero-order chi connectivity index (χ0) is 10.0. The molecular formula is C9H15B3O. The SMILES string of the molecule is Bc1c(O)c(BC)cc(C)c1BC. The van der Waals surface area contributed by atoms with Crippen molar-refractivity contribution < 1.29 is 5.11 Å². The molecule has 0 saturated carbocycles. The lowest BCUT2D eigenvalue weighted by atomic mass is 9.61. The molecule has 1 nitrogen and oxygen atoms in total. The van der Waals surface area contributed by atoms with Crippen LogP contribution in [0.25, 0.3) is 0 Å². The molecule has 0 atom stereocenters. The molecule has 0 spiro atoms. The van der Waals surface area contributed by atoms with Crippen molar-refractivity contribution in [2.45, 2.75) is 20.6 Å². The van der Waals surface area contributed by atoms with Crippen LogP contribution in [-0.2, 0) is 0 Å². The summed E-state index contributed by atoms with van der Waals surface area (Å²) in [4.78, 5) is 0. The number of hydrogen-bond donors (Lipinski definition) is 1. The van der Waals surface area contributed by atoms with E-state index in [0.717, 1.165) is 25.5 Å². The average molecular weight is 172 g/mol. The summed E-state index contributed by atoms with van der Waals surface area (Å²) in [7, 11) is 3.90. The maximum absolute atomic E-state index is 9.83. The molecule has 66 valence electrons. The molecule has 1 aromatic rings. The fraction of sp³-hybridized carbons (Fsp3) is 0.333. The highest BCUT2D eigenvalue weighted by Gasteiger charge is 2.09. The minimum Gasteiger partial charge on any atom is -0.509 e. The van der Waals surface area contributed by atoms with Crippen LogP contribution < -0.4 is 16.4 Å². The van der Waals surface area contributed by atoms with Crippen molar-refractivity contribution >= 4 is 38.8 Å². The highest BCUT2D eigenvalue weighted by atomic mass is 16.3. The summed E-state index contributed by atoms with van der Waals surface area (Å²) >= 11 is 0. The van der Waals surface area contributed by atoms with Crippen LogP contribution >= 0.6 is 0 Å². The van der Waals surface area contributed by atoms with E-state index in [1.165, 1.54) is 11.0 Å². The molecule has 0 radical (unpaired) electrons. The number of phenolic OH excluding ortho intramolecular Hbond substituents is 1. The fourth-order valence-electron chi connectivity index (χ4n) is 1.91. The zero-order valence-corrected chi connectivity index (χ0v) is 8.94. The van der Waals surface area contributed by atoms with Crippen LogP contribution in [0.4, 0.5) is 0 Å². The van der Waals surface area contributed by atoms with Crippen molar-refractivity contribution in [1.29, 1.82) is 0 Å². The number of hydrogen-bond acceptors (Lipinski definition) is 1. The molecular weight excluding hydrogens is 157 g/mol. The normalized spacial score (nSPS) is 9.77. The standard InChI is InChI=1S/C9H15B3O/c1-5-4-6(11-2)9(13)7(10)8(5)12-3/h4,11-13H,10H2,1-3H3. The van der Waals surface area contributed by atoms with Gasteiger partial charge in [-0.2, -0.15) is 0 Å². The molecule has 0 amide bonds. The Labute approximate surface area is 82.4 Å². The first-order valence-electron chi connectivity index (χ1n) is 4.92. The molecule has 1 N–H and O–H groups in total. The third kappa shape index (κ3) is 1.77. The van der Waals surface area contributed by atoms with E-state index in [0.29, 0.717) is 5.75 Å². The second-order valence-corrected chi connectivity index (χ2v) is 3.51. The van der Waals surface area contributed by atoms with Gasteiger partial charge in [-0.1, -0.05) is 36.2 Å². The molecule has 0 unspecified atom stereocenters. The van der Waals surface area contributed by atoms with Crippen molar-refractivity contribution in [2.24, 2.45) is 0 Å². The largest absolute Gasteiger partial charge is 0.509 e. The number of phenols is 1. The van der Waals surface area contributed by atoms with Gasteiger partial charge in [0.2, 0.25) is 0 Å². The Morgan fingerprint density at radius 2 is 1.92 bits per heavy atom. The Bertz CT molecular complexity index is 323. The summed E-state index contributed by atoms with van der Waals surface area (Å²) in [5.41, 5.74) is 4.70. The zero-order valence-electron chi connectivity index (χ0n) is 8.94. The second kappa shape index (κ2) is 3.95. The predicted molar refractivity (Wildman–Crippen MR) is 66.3 cm³/mol. The van der Waals surface area contributed by atoms with Gasteiger partial charge in [0.05, 0.1) is 0 Å². The summed E-state index contributed by atoms with van der Waals surface area (Å²) < 4.78 is 0. The van der Waals surface area contributed by atoms with E-state index in [4.69, 9.17) is 0 Å². The van der Waals surface area contributed by atoms with Gasteiger partial charge in [-0.15, -0.1) is 0 Å². The van der Waals surface area contributed by atoms with E-state index in [2.05, 4.69) is 26.6 Å². The Kier molecular flexibility index (Phi) is 3.13. The average Bonchev–Trinajstić information content (AvgIpc) is 2.12. The molecule has 4 heteroatoms. The monoisotopic (exact) mass is 172 g/mol. The van der Waals surface area contributed by atoms with Crippen molar-refractivity contribution in [1.82, 2.24) is 0 Å². The number of rotatable bonds is 2. The van der Waals surface area contributed by atoms with Gasteiger partial charge in [-0.3, -0.25) is 0 Å². The van der Waals surface area contributed by atoms with Crippen molar-refractivity contribution in [3.05, 3.63) is 11.6 Å². The third-order valence-corrected chi connectivity index (χ3v) is 2.71. The second-order valence-electron chi connectivity index (χ2n) is 3.51. The van der Waals surface area contributed by atoms with Crippen molar-refractivity contribution in [2.75, 3.05) is 0 Å². The molecule has 1 aromatic carbocycles. The minimum absolute atomic E-state index is 0.491. The van der Waals surface area contributed by atoms with Crippen molar-refractivity contribution in [3.8, 4) is 5.75 Å². The molecule has 0 aromatic heterocycles. The smallest absolute Gasteiger partial charge is 0.159 e. The van der Waals surface area contributed by atoms with Crippen LogP contribution in [0, 0.1) is 6.92 Å². The number of aromatic hydroxyl groups is 1. The van der Waals surface area contributed by atoms with Gasteiger partial charge in [0.1, 0.15) is 13.6 Å². The van der Waals surface area contributed by atoms with Gasteiger partial charge < -0.3 is 5.11 Å². The maximum Gasteiger partial charge on any atom is 0.159 e. The summed E-state index contributed by atoms with van der Waals surface area (Å²) in [5.74, 6) is 0.491. The molecule has 0 aliphatic rings. The Morgan fingerprint density at radius 1 is 1.31 bits per heavy atom. The molecule has 0 aliphatic carbocycles. The molecule has 0 bridgehead atoms. The lowest BCUT2D eigenvalue weighted by Crippen LogP contribution is -2.37. The summed E-state index contributed by atoms with van der Waals surface area (Å²) in [6, 6.07) is 2.10. The number of benzene rings is 1. The van der Waals surface area contributed by atoms with Gasteiger partial charge in [0.25, 0.3) is 0 Å². The highest BCUT2D eigenvalue weighted by molar-refractivity contribution is 6.63. The first kappa shape index (κ1) is 10.3. The molecule has 0 aliphatic heterocycles. The number of aryl methyl sites for hydroxylation is 1. The van der Waals surface area contributed by atoms with Crippen LogP contribution in [0.3, 0.4) is 0 Å². The van der Waals surface area contributed by atoms with Gasteiger partial charge in [-0.25, -0.2) is 0 Å². The predicted octanol–water partition coefficient (Wildman–Crippen LogP) is -1.82. The van der Waals surface area contributed by atoms with Crippen LogP contribution in [0.15, 0.2) is 6.07 Å². The van der Waals surface area contributed by atoms with Gasteiger partial charge in [0, 0.05) is 0 Å². The summed E-state index contributed by atoms with van der Waals surface area (Å²) in [5, 5.41) is 9.83. The summed E-state index contributed by atoms with van der Waals surface area (Å²) in [6.07, 6.45) is 0. The molecule has 0 heterocycles.